The molecule has 0 bridgehead atoms. The van der Waals surface area contributed by atoms with Gasteiger partial charge in [-0.3, -0.25) is 4.55 Å². The van der Waals surface area contributed by atoms with Crippen LogP contribution in [0.2, 0.25) is 0 Å². The molecule has 0 aliphatic rings. The minimum atomic E-state index is -4.18. The topological polar surface area (TPSA) is 63.6 Å². The van der Waals surface area contributed by atoms with E-state index >= 15 is 0 Å². The molecule has 29 heavy (non-hydrogen) atoms. The largest absolute Gasteiger partial charge is 0.457 e. The predicted molar refractivity (Wildman–Crippen MR) is 118 cm³/mol. The van der Waals surface area contributed by atoms with Crippen molar-refractivity contribution in [1.29, 1.82) is 0 Å². The molecule has 0 aliphatic heterocycles. The smallest absolute Gasteiger partial charge is 0.294 e. The van der Waals surface area contributed by atoms with Crippen LogP contribution in [0.15, 0.2) is 53.4 Å². The van der Waals surface area contributed by atoms with Gasteiger partial charge in [0.2, 0.25) is 0 Å². The molecule has 1 N–H and O–H groups in total. The summed E-state index contributed by atoms with van der Waals surface area (Å²) in [5, 5.41) is 0. The average molecular weight is 419 g/mol. The first-order chi connectivity index (χ1) is 14.0. The molecule has 0 aromatic heterocycles. The van der Waals surface area contributed by atoms with Crippen LogP contribution in [0.1, 0.15) is 76.7 Å². The number of hydrogen-bond donors (Lipinski definition) is 1. The maximum Gasteiger partial charge on any atom is 0.294 e. The highest BCUT2D eigenvalue weighted by Crippen LogP contribution is 2.24. The van der Waals surface area contributed by atoms with Gasteiger partial charge >= 0.3 is 0 Å². The van der Waals surface area contributed by atoms with Crippen molar-refractivity contribution in [3.05, 3.63) is 54.1 Å². The van der Waals surface area contributed by atoms with Crippen LogP contribution < -0.4 is 4.74 Å². The average Bonchev–Trinajstić information content (AvgIpc) is 2.69. The van der Waals surface area contributed by atoms with Gasteiger partial charge in [0.1, 0.15) is 11.5 Å². The monoisotopic (exact) mass is 418 g/mol. The Balaban J connectivity index is 1.69. The second kappa shape index (κ2) is 12.7. The van der Waals surface area contributed by atoms with Crippen LogP contribution in [0.5, 0.6) is 11.5 Å². The molecule has 2 rings (SSSR count). The first-order valence-electron chi connectivity index (χ1n) is 10.8. The zero-order valence-corrected chi connectivity index (χ0v) is 18.3. The number of aryl methyl sites for hydroxylation is 1. The van der Waals surface area contributed by atoms with E-state index in [2.05, 4.69) is 13.0 Å². The highest BCUT2D eigenvalue weighted by atomic mass is 32.2. The van der Waals surface area contributed by atoms with Crippen LogP contribution >= 0.6 is 0 Å². The van der Waals surface area contributed by atoms with Crippen molar-refractivity contribution in [2.24, 2.45) is 0 Å². The summed E-state index contributed by atoms with van der Waals surface area (Å²) in [5.74, 6) is 1.27. The van der Waals surface area contributed by atoms with Crippen LogP contribution in [0.4, 0.5) is 0 Å². The predicted octanol–water partition coefficient (Wildman–Crippen LogP) is 7.19. The van der Waals surface area contributed by atoms with Crippen LogP contribution in [-0.2, 0) is 16.5 Å². The van der Waals surface area contributed by atoms with Gasteiger partial charge in [-0.25, -0.2) is 0 Å². The van der Waals surface area contributed by atoms with Gasteiger partial charge in [-0.05, 0) is 54.8 Å². The summed E-state index contributed by atoms with van der Waals surface area (Å²) >= 11 is 0. The van der Waals surface area contributed by atoms with E-state index in [9.17, 15) is 8.42 Å². The van der Waals surface area contributed by atoms with E-state index in [1.165, 1.54) is 94.0 Å². The second-order valence-corrected chi connectivity index (χ2v) is 9.05. The molecule has 2 aromatic rings. The van der Waals surface area contributed by atoms with E-state index in [1.54, 1.807) is 0 Å². The summed E-state index contributed by atoms with van der Waals surface area (Å²) in [6, 6.07) is 13.8. The molecule has 0 spiro atoms. The van der Waals surface area contributed by atoms with Gasteiger partial charge in [-0.15, -0.1) is 0 Å². The van der Waals surface area contributed by atoms with Crippen molar-refractivity contribution in [2.45, 2.75) is 82.4 Å². The van der Waals surface area contributed by atoms with Gasteiger partial charge in [0.25, 0.3) is 10.1 Å². The van der Waals surface area contributed by atoms with Crippen LogP contribution in [0, 0.1) is 0 Å². The maximum atomic E-state index is 11.1. The molecular weight excluding hydrogens is 384 g/mol. The molecule has 0 saturated heterocycles. The normalized spacial score (nSPS) is 11.5. The van der Waals surface area contributed by atoms with Gasteiger partial charge in [0.15, 0.2) is 0 Å². The Morgan fingerprint density at radius 2 is 1.34 bits per heavy atom. The Morgan fingerprint density at radius 3 is 1.93 bits per heavy atom. The summed E-state index contributed by atoms with van der Waals surface area (Å²) in [7, 11) is -4.18. The molecule has 0 radical (unpaired) electrons. The Labute approximate surface area is 176 Å². The molecule has 0 aliphatic carbocycles. The molecule has 0 saturated carbocycles. The maximum absolute atomic E-state index is 11.1. The van der Waals surface area contributed by atoms with E-state index < -0.39 is 10.1 Å². The van der Waals surface area contributed by atoms with Crippen molar-refractivity contribution in [2.75, 3.05) is 0 Å². The van der Waals surface area contributed by atoms with Crippen molar-refractivity contribution < 1.29 is 17.7 Å². The number of hydrogen-bond acceptors (Lipinski definition) is 3. The second-order valence-electron chi connectivity index (χ2n) is 7.63. The summed E-state index contributed by atoms with van der Waals surface area (Å²) in [6.45, 7) is 2.26. The fourth-order valence-electron chi connectivity index (χ4n) is 3.40. The van der Waals surface area contributed by atoms with Gasteiger partial charge in [-0.2, -0.15) is 8.42 Å². The number of benzene rings is 2. The first-order valence-corrected chi connectivity index (χ1v) is 12.3. The lowest BCUT2D eigenvalue weighted by molar-refractivity contribution is 0.477. The molecule has 4 nitrogen and oxygen atoms in total. The highest BCUT2D eigenvalue weighted by Gasteiger charge is 2.09. The van der Waals surface area contributed by atoms with Crippen molar-refractivity contribution in [3.63, 3.8) is 0 Å². The standard InChI is InChI=1S/C24H34O4S/c1-2-3-4-5-6-7-8-9-10-11-13-21-14-12-15-23(20-21)28-22-16-18-24(19-17-22)29(25,26)27/h12,14-20H,2-11,13H2,1H3,(H,25,26,27). The molecule has 2 aromatic carbocycles. The molecule has 0 atom stereocenters. The zero-order valence-electron chi connectivity index (χ0n) is 17.5. The van der Waals surface area contributed by atoms with Gasteiger partial charge in [-0.1, -0.05) is 76.8 Å². The fraction of sp³-hybridized carbons (Fsp3) is 0.500. The highest BCUT2D eigenvalue weighted by molar-refractivity contribution is 7.85. The van der Waals surface area contributed by atoms with Crippen molar-refractivity contribution in [1.82, 2.24) is 0 Å². The molecule has 0 amide bonds. The summed E-state index contributed by atoms with van der Waals surface area (Å²) in [5.41, 5.74) is 1.25. The quantitative estimate of drug-likeness (QED) is 0.260. The van der Waals surface area contributed by atoms with Crippen LogP contribution in [0.3, 0.4) is 0 Å². The molecule has 160 valence electrons. The van der Waals surface area contributed by atoms with Crippen molar-refractivity contribution >= 4 is 10.1 Å². The van der Waals surface area contributed by atoms with Crippen LogP contribution in [0.25, 0.3) is 0 Å². The summed E-state index contributed by atoms with van der Waals surface area (Å²) < 4.78 is 37.0. The summed E-state index contributed by atoms with van der Waals surface area (Å²) in [4.78, 5) is -0.139. The van der Waals surface area contributed by atoms with Crippen molar-refractivity contribution in [3.8, 4) is 11.5 Å². The first kappa shape index (κ1) is 23.4. The Morgan fingerprint density at radius 1 is 0.759 bits per heavy atom. The van der Waals surface area contributed by atoms with E-state index in [4.69, 9.17) is 9.29 Å². The molecule has 0 fully saturated rings. The lowest BCUT2D eigenvalue weighted by atomic mass is 10.0. The zero-order chi connectivity index (χ0) is 21.0. The number of unbranched alkanes of at least 4 members (excludes halogenated alkanes) is 9. The van der Waals surface area contributed by atoms with E-state index in [0.717, 1.165) is 12.2 Å². The number of ether oxygens (including phenoxy) is 1. The third kappa shape index (κ3) is 9.46. The lowest BCUT2D eigenvalue weighted by Crippen LogP contribution is -1.97. The summed E-state index contributed by atoms with van der Waals surface area (Å²) in [6.07, 6.45) is 14.3. The number of rotatable bonds is 14. The minimum absolute atomic E-state index is 0.139. The van der Waals surface area contributed by atoms with Gasteiger partial charge < -0.3 is 4.74 Å². The Bertz CT molecular complexity index is 813. The molecular formula is C24H34O4S. The molecule has 0 heterocycles. The van der Waals surface area contributed by atoms with E-state index in [0.29, 0.717) is 5.75 Å². The van der Waals surface area contributed by atoms with E-state index in [1.807, 2.05) is 18.2 Å². The fourth-order valence-corrected chi connectivity index (χ4v) is 3.88. The third-order valence-corrected chi connectivity index (χ3v) is 5.94. The van der Waals surface area contributed by atoms with Crippen LogP contribution in [-0.4, -0.2) is 13.0 Å². The molecule has 0 unspecified atom stereocenters. The molecule has 5 heteroatoms. The van der Waals surface area contributed by atoms with E-state index in [-0.39, 0.29) is 4.90 Å². The van der Waals surface area contributed by atoms with Gasteiger partial charge in [0, 0.05) is 0 Å². The lowest BCUT2D eigenvalue weighted by Gasteiger charge is -2.08. The Hall–Kier alpha value is -1.85. The minimum Gasteiger partial charge on any atom is -0.457 e. The van der Waals surface area contributed by atoms with Gasteiger partial charge in [0.05, 0.1) is 4.90 Å². The Kier molecular flexibility index (Phi) is 10.2. The third-order valence-electron chi connectivity index (χ3n) is 5.07. The SMILES string of the molecule is CCCCCCCCCCCCc1cccc(Oc2ccc(S(=O)(=O)O)cc2)c1.